The molecule has 1 saturated heterocycles. The van der Waals surface area contributed by atoms with Crippen LogP contribution >= 0.6 is 46.6 Å². The molecule has 1 heterocycles. The summed E-state index contributed by atoms with van der Waals surface area (Å²) in [6, 6.07) is 0. The molecule has 0 aliphatic carbocycles. The maximum atomic E-state index is 11.2. The van der Waals surface area contributed by atoms with Crippen LogP contribution in [0.3, 0.4) is 0 Å². The third-order valence-corrected chi connectivity index (χ3v) is 4.11. The van der Waals surface area contributed by atoms with E-state index in [9.17, 15) is 9.59 Å². The van der Waals surface area contributed by atoms with E-state index in [0.29, 0.717) is 12.2 Å². The fourth-order valence-electron chi connectivity index (χ4n) is 1.68. The minimum atomic E-state index is -2.02. The number of ether oxygens (including phenoxy) is 3. The van der Waals surface area contributed by atoms with Crippen molar-refractivity contribution in [3.8, 4) is 0 Å². The van der Waals surface area contributed by atoms with Gasteiger partial charge in [-0.2, -0.15) is 0 Å². The summed E-state index contributed by atoms with van der Waals surface area (Å²) in [6.45, 7) is 2.48. The number of thioether (sulfide) groups is 1. The van der Waals surface area contributed by atoms with Gasteiger partial charge in [-0.1, -0.05) is 34.8 Å². The Hall–Kier alpha value is -0.370. The molecule has 0 amide bonds. The molecule has 120 valence electrons. The van der Waals surface area contributed by atoms with Crippen LogP contribution in [0.15, 0.2) is 0 Å². The number of rotatable bonds is 3. The summed E-state index contributed by atoms with van der Waals surface area (Å²) in [5.41, 5.74) is -0.796. The molecule has 1 N–H and O–H groups in total. The van der Waals surface area contributed by atoms with Crippen LogP contribution in [0, 0.1) is 5.41 Å². The van der Waals surface area contributed by atoms with Gasteiger partial charge >= 0.3 is 11.9 Å². The molecule has 0 radical (unpaired) electrons. The molecular formula is C11H14Cl3NO5S. The Morgan fingerprint density at radius 2 is 1.71 bits per heavy atom. The molecule has 0 bridgehead atoms. The number of esters is 2. The lowest BCUT2D eigenvalue weighted by molar-refractivity contribution is -0.170. The van der Waals surface area contributed by atoms with Gasteiger partial charge in [0.05, 0.1) is 0 Å². The highest BCUT2D eigenvalue weighted by Crippen LogP contribution is 2.35. The summed E-state index contributed by atoms with van der Waals surface area (Å²) in [5, 5.41) is 7.58. The lowest BCUT2D eigenvalue weighted by Crippen LogP contribution is -2.47. The van der Waals surface area contributed by atoms with Gasteiger partial charge in [-0.3, -0.25) is 15.0 Å². The van der Waals surface area contributed by atoms with Gasteiger partial charge in [-0.15, -0.1) is 11.8 Å². The molecule has 1 aliphatic heterocycles. The Morgan fingerprint density at radius 3 is 2.19 bits per heavy atom. The zero-order valence-corrected chi connectivity index (χ0v) is 14.3. The SMILES string of the molecule is CC(=O)O[C@@H]1[C@@H](OC(C)=O)CCS[C@@H]1OC(=N)C(Cl)(Cl)Cl. The molecule has 1 fully saturated rings. The van der Waals surface area contributed by atoms with Crippen LogP contribution in [-0.2, 0) is 23.8 Å². The van der Waals surface area contributed by atoms with Crippen molar-refractivity contribution in [1.29, 1.82) is 5.41 Å². The fraction of sp³-hybridized carbons (Fsp3) is 0.727. The average molecular weight is 379 g/mol. The quantitative estimate of drug-likeness (QED) is 0.352. The Labute approximate surface area is 141 Å². The Balaban J connectivity index is 2.85. The number of carbonyl (C=O) groups excluding carboxylic acids is 2. The molecule has 0 spiro atoms. The minimum Gasteiger partial charge on any atom is -0.459 e. The van der Waals surface area contributed by atoms with Gasteiger partial charge in [0.1, 0.15) is 6.10 Å². The van der Waals surface area contributed by atoms with Crippen LogP contribution in [0.2, 0.25) is 0 Å². The standard InChI is InChI=1S/C11H14Cl3NO5S/c1-5(16)18-7-3-4-21-9(8(7)19-6(2)17)20-10(15)11(12,13)14/h7-9,15H,3-4H2,1-2H3/t7-,8+,9-/m0/s1. The van der Waals surface area contributed by atoms with E-state index in [4.69, 9.17) is 54.4 Å². The number of carbonyl (C=O) groups is 2. The van der Waals surface area contributed by atoms with Gasteiger partial charge in [0, 0.05) is 19.6 Å². The lowest BCUT2D eigenvalue weighted by Gasteiger charge is -2.36. The van der Waals surface area contributed by atoms with Crippen LogP contribution in [0.5, 0.6) is 0 Å². The Bertz CT molecular complexity index is 429. The van der Waals surface area contributed by atoms with Crippen LogP contribution in [0.1, 0.15) is 20.3 Å². The summed E-state index contributed by atoms with van der Waals surface area (Å²) in [6.07, 6.45) is -1.05. The fourth-order valence-corrected chi connectivity index (χ4v) is 3.00. The summed E-state index contributed by atoms with van der Waals surface area (Å²) >= 11 is 17.9. The summed E-state index contributed by atoms with van der Waals surface area (Å²) in [7, 11) is 0. The van der Waals surface area contributed by atoms with Crippen molar-refractivity contribution < 1.29 is 23.8 Å². The van der Waals surface area contributed by atoms with Crippen LogP contribution in [0.4, 0.5) is 0 Å². The van der Waals surface area contributed by atoms with Gasteiger partial charge in [-0.05, 0) is 6.42 Å². The van der Waals surface area contributed by atoms with E-state index in [-0.39, 0.29) is 0 Å². The number of hydrogen-bond acceptors (Lipinski definition) is 7. The largest absolute Gasteiger partial charge is 0.459 e. The molecular weight excluding hydrogens is 365 g/mol. The molecule has 21 heavy (non-hydrogen) atoms. The first-order valence-electron chi connectivity index (χ1n) is 5.89. The highest BCUT2D eigenvalue weighted by Gasteiger charge is 2.42. The number of nitrogens with one attached hydrogen (secondary N) is 1. The number of alkyl halides is 3. The Morgan fingerprint density at radius 1 is 1.14 bits per heavy atom. The maximum Gasteiger partial charge on any atom is 0.303 e. The van der Waals surface area contributed by atoms with Gasteiger partial charge in [0.2, 0.25) is 5.90 Å². The summed E-state index contributed by atoms with van der Waals surface area (Å²) in [4.78, 5) is 22.3. The van der Waals surface area contributed by atoms with Crippen LogP contribution < -0.4 is 0 Å². The van der Waals surface area contributed by atoms with Gasteiger partial charge in [-0.25, -0.2) is 0 Å². The second-order valence-electron chi connectivity index (χ2n) is 4.19. The maximum absolute atomic E-state index is 11.2. The van der Waals surface area contributed by atoms with Gasteiger partial charge in [0.15, 0.2) is 11.5 Å². The van der Waals surface area contributed by atoms with Crippen molar-refractivity contribution in [2.45, 2.75) is 41.7 Å². The predicted molar refractivity (Wildman–Crippen MR) is 81.1 cm³/mol. The van der Waals surface area contributed by atoms with E-state index < -0.39 is 39.3 Å². The first-order valence-corrected chi connectivity index (χ1v) is 8.08. The summed E-state index contributed by atoms with van der Waals surface area (Å²) < 4.78 is 13.5. The molecule has 0 aromatic heterocycles. The molecule has 1 rings (SSSR count). The van der Waals surface area contributed by atoms with Crippen LogP contribution in [0.25, 0.3) is 0 Å². The van der Waals surface area contributed by atoms with Crippen molar-refractivity contribution in [1.82, 2.24) is 0 Å². The van der Waals surface area contributed by atoms with Crippen molar-refractivity contribution in [2.75, 3.05) is 5.75 Å². The Kier molecular flexibility index (Phi) is 6.90. The minimum absolute atomic E-state index is 0.489. The summed E-state index contributed by atoms with van der Waals surface area (Å²) in [5.74, 6) is -1.08. The van der Waals surface area contributed by atoms with Gasteiger partial charge < -0.3 is 14.2 Å². The third kappa shape index (κ3) is 6.10. The van der Waals surface area contributed by atoms with E-state index in [0.717, 1.165) is 0 Å². The number of halogens is 3. The molecule has 0 unspecified atom stereocenters. The topological polar surface area (TPSA) is 85.7 Å². The number of hydrogen-bond donors (Lipinski definition) is 1. The third-order valence-electron chi connectivity index (χ3n) is 2.43. The van der Waals surface area contributed by atoms with Crippen molar-refractivity contribution >= 4 is 64.4 Å². The molecule has 6 nitrogen and oxygen atoms in total. The zero-order valence-electron chi connectivity index (χ0n) is 11.2. The lowest BCUT2D eigenvalue weighted by atomic mass is 10.1. The molecule has 10 heteroatoms. The molecule has 0 aromatic carbocycles. The second-order valence-corrected chi connectivity index (χ2v) is 7.68. The normalized spacial score (nSPS) is 25.9. The molecule has 1 aliphatic rings. The first kappa shape index (κ1) is 18.7. The molecule has 0 aromatic rings. The first-order chi connectivity index (χ1) is 9.61. The van der Waals surface area contributed by atoms with Crippen molar-refractivity contribution in [3.63, 3.8) is 0 Å². The van der Waals surface area contributed by atoms with Crippen molar-refractivity contribution in [2.24, 2.45) is 0 Å². The predicted octanol–water partition coefficient (Wildman–Crippen LogP) is 2.68. The van der Waals surface area contributed by atoms with E-state index >= 15 is 0 Å². The average Bonchev–Trinajstić information content (AvgIpc) is 2.30. The van der Waals surface area contributed by atoms with E-state index in [1.807, 2.05) is 0 Å². The monoisotopic (exact) mass is 377 g/mol. The van der Waals surface area contributed by atoms with Crippen LogP contribution in [-0.4, -0.2) is 45.0 Å². The van der Waals surface area contributed by atoms with E-state index in [1.165, 1.54) is 25.6 Å². The molecule has 3 atom stereocenters. The van der Waals surface area contributed by atoms with Crippen molar-refractivity contribution in [3.05, 3.63) is 0 Å². The van der Waals surface area contributed by atoms with Gasteiger partial charge in [0.25, 0.3) is 3.79 Å². The highest BCUT2D eigenvalue weighted by atomic mass is 35.6. The van der Waals surface area contributed by atoms with E-state index in [1.54, 1.807) is 0 Å². The van der Waals surface area contributed by atoms with E-state index in [2.05, 4.69) is 0 Å². The highest BCUT2D eigenvalue weighted by molar-refractivity contribution is 7.99. The zero-order chi connectivity index (χ0) is 16.2. The smallest absolute Gasteiger partial charge is 0.303 e. The second kappa shape index (κ2) is 7.76. The molecule has 0 saturated carbocycles.